The van der Waals surface area contributed by atoms with Crippen LogP contribution in [0.15, 0.2) is 30.0 Å². The van der Waals surface area contributed by atoms with Gasteiger partial charge in [-0.25, -0.2) is 9.97 Å². The van der Waals surface area contributed by atoms with Crippen molar-refractivity contribution in [2.75, 3.05) is 44.2 Å². The van der Waals surface area contributed by atoms with Crippen molar-refractivity contribution in [2.45, 2.75) is 57.7 Å². The highest BCUT2D eigenvalue weighted by molar-refractivity contribution is 5.77. The predicted molar refractivity (Wildman–Crippen MR) is 128 cm³/mol. The third-order valence-electron chi connectivity index (χ3n) is 8.26. The minimum absolute atomic E-state index is 0.0869. The Labute approximate surface area is 204 Å². The average Bonchev–Trinajstić information content (AvgIpc) is 3.01. The summed E-state index contributed by atoms with van der Waals surface area (Å²) < 4.78 is 39.9. The highest BCUT2D eigenvalue weighted by Crippen LogP contribution is 2.39. The van der Waals surface area contributed by atoms with Crippen LogP contribution >= 0.6 is 0 Å². The first-order valence-electron chi connectivity index (χ1n) is 12.9. The van der Waals surface area contributed by atoms with Crippen LogP contribution in [0.2, 0.25) is 0 Å². The van der Waals surface area contributed by atoms with Crippen LogP contribution in [0.3, 0.4) is 0 Å². The van der Waals surface area contributed by atoms with Crippen molar-refractivity contribution >= 4 is 11.9 Å². The molecule has 190 valence electrons. The molecule has 1 aromatic rings. The summed E-state index contributed by atoms with van der Waals surface area (Å²) in [6.07, 6.45) is 7.20. The molecule has 9 heteroatoms. The number of amides is 1. The van der Waals surface area contributed by atoms with E-state index in [9.17, 15) is 18.0 Å². The lowest BCUT2D eigenvalue weighted by Crippen LogP contribution is -2.52. The van der Waals surface area contributed by atoms with Crippen LogP contribution in [0.4, 0.5) is 19.1 Å². The van der Waals surface area contributed by atoms with Gasteiger partial charge in [0.25, 0.3) is 0 Å². The SMILES string of the molecule is CC1C(C(F)(F)F)=CC=CC1CC(=O)N1CCc2cnc(N3CCN(C4CCC4)CC3)nc2CC1. The Morgan fingerprint density at radius 1 is 1.09 bits per heavy atom. The molecular formula is C26H34F3N5O. The molecule has 5 rings (SSSR count). The number of carbonyl (C=O) groups excluding carboxylic acids is 1. The highest BCUT2D eigenvalue weighted by Gasteiger charge is 2.40. The minimum Gasteiger partial charge on any atom is -0.342 e. The highest BCUT2D eigenvalue weighted by atomic mass is 19.4. The van der Waals surface area contributed by atoms with Gasteiger partial charge in [0.1, 0.15) is 0 Å². The Hall–Kier alpha value is -2.42. The summed E-state index contributed by atoms with van der Waals surface area (Å²) in [7, 11) is 0. The first-order chi connectivity index (χ1) is 16.8. The number of alkyl halides is 3. The van der Waals surface area contributed by atoms with E-state index in [1.165, 1.54) is 25.3 Å². The number of hydrogen-bond donors (Lipinski definition) is 0. The molecule has 2 aliphatic heterocycles. The third kappa shape index (κ3) is 5.25. The van der Waals surface area contributed by atoms with Gasteiger partial charge < -0.3 is 9.80 Å². The molecule has 1 saturated heterocycles. The van der Waals surface area contributed by atoms with Gasteiger partial charge in [0.2, 0.25) is 11.9 Å². The Morgan fingerprint density at radius 2 is 1.83 bits per heavy atom. The van der Waals surface area contributed by atoms with Crippen molar-refractivity contribution < 1.29 is 18.0 Å². The van der Waals surface area contributed by atoms with Gasteiger partial charge in [-0.1, -0.05) is 31.6 Å². The average molecular weight is 490 g/mol. The van der Waals surface area contributed by atoms with Crippen molar-refractivity contribution in [2.24, 2.45) is 11.8 Å². The molecular weight excluding hydrogens is 455 g/mol. The molecule has 0 N–H and O–H groups in total. The van der Waals surface area contributed by atoms with Gasteiger partial charge in [0.05, 0.1) is 5.69 Å². The van der Waals surface area contributed by atoms with Crippen LogP contribution in [0.1, 0.15) is 43.9 Å². The topological polar surface area (TPSA) is 52.6 Å². The molecule has 1 saturated carbocycles. The lowest BCUT2D eigenvalue weighted by Gasteiger charge is -2.43. The zero-order valence-corrected chi connectivity index (χ0v) is 20.3. The van der Waals surface area contributed by atoms with Gasteiger partial charge in [0.15, 0.2) is 0 Å². The first-order valence-corrected chi connectivity index (χ1v) is 12.9. The fourth-order valence-corrected chi connectivity index (χ4v) is 5.68. The summed E-state index contributed by atoms with van der Waals surface area (Å²) >= 11 is 0. The van der Waals surface area contributed by atoms with Crippen molar-refractivity contribution in [1.82, 2.24) is 19.8 Å². The molecule has 3 heterocycles. The van der Waals surface area contributed by atoms with E-state index in [1.807, 2.05) is 6.20 Å². The van der Waals surface area contributed by atoms with Gasteiger partial charge in [-0.05, 0) is 36.7 Å². The van der Waals surface area contributed by atoms with Crippen molar-refractivity contribution in [1.29, 1.82) is 0 Å². The number of allylic oxidation sites excluding steroid dienone is 4. The monoisotopic (exact) mass is 489 g/mol. The lowest BCUT2D eigenvalue weighted by atomic mass is 9.81. The summed E-state index contributed by atoms with van der Waals surface area (Å²) in [4.78, 5) is 29.2. The molecule has 0 bridgehead atoms. The van der Waals surface area contributed by atoms with E-state index in [-0.39, 0.29) is 12.3 Å². The maximum absolute atomic E-state index is 13.3. The fourth-order valence-electron chi connectivity index (χ4n) is 5.68. The summed E-state index contributed by atoms with van der Waals surface area (Å²) in [6.45, 7) is 6.59. The molecule has 6 nitrogen and oxygen atoms in total. The van der Waals surface area contributed by atoms with E-state index in [0.717, 1.165) is 55.5 Å². The van der Waals surface area contributed by atoms with E-state index < -0.39 is 23.6 Å². The number of halogens is 3. The van der Waals surface area contributed by atoms with E-state index in [4.69, 9.17) is 4.98 Å². The van der Waals surface area contributed by atoms with Crippen LogP contribution < -0.4 is 4.90 Å². The molecule has 0 radical (unpaired) electrons. The maximum atomic E-state index is 13.3. The first kappa shape index (κ1) is 24.3. The lowest BCUT2D eigenvalue weighted by molar-refractivity contribution is -0.132. The number of aromatic nitrogens is 2. The number of nitrogens with zero attached hydrogens (tertiary/aromatic N) is 5. The summed E-state index contributed by atoms with van der Waals surface area (Å²) in [5.74, 6) is -0.501. The van der Waals surface area contributed by atoms with E-state index in [1.54, 1.807) is 17.9 Å². The van der Waals surface area contributed by atoms with Crippen LogP contribution in [-0.2, 0) is 17.6 Å². The number of carbonyl (C=O) groups is 1. The van der Waals surface area contributed by atoms with Gasteiger partial charge >= 0.3 is 6.18 Å². The molecule has 2 unspecified atom stereocenters. The number of hydrogen-bond acceptors (Lipinski definition) is 5. The van der Waals surface area contributed by atoms with Crippen LogP contribution in [0, 0.1) is 11.8 Å². The normalized spacial score (nSPS) is 26.1. The zero-order chi connectivity index (χ0) is 24.6. The minimum atomic E-state index is -4.37. The number of piperazine rings is 1. The smallest absolute Gasteiger partial charge is 0.342 e. The second kappa shape index (κ2) is 9.91. The van der Waals surface area contributed by atoms with Crippen LogP contribution in [0.25, 0.3) is 0 Å². The number of rotatable bonds is 4. The van der Waals surface area contributed by atoms with Crippen LogP contribution in [0.5, 0.6) is 0 Å². The Kier molecular flexibility index (Phi) is 6.88. The molecule has 2 aliphatic carbocycles. The molecule has 0 aromatic carbocycles. The number of anilines is 1. The van der Waals surface area contributed by atoms with Gasteiger partial charge in [0, 0.05) is 69.9 Å². The molecule has 35 heavy (non-hydrogen) atoms. The second-order valence-corrected chi connectivity index (χ2v) is 10.3. The summed E-state index contributed by atoms with van der Waals surface area (Å²) in [6, 6.07) is 0.761. The predicted octanol–water partition coefficient (Wildman–Crippen LogP) is 3.78. The second-order valence-electron chi connectivity index (χ2n) is 10.3. The van der Waals surface area contributed by atoms with Gasteiger partial charge in [-0.15, -0.1) is 0 Å². The van der Waals surface area contributed by atoms with Crippen molar-refractivity contribution in [3.8, 4) is 0 Å². The van der Waals surface area contributed by atoms with Gasteiger partial charge in [-0.2, -0.15) is 13.2 Å². The quantitative estimate of drug-likeness (QED) is 0.645. The standard InChI is InChI=1S/C26H34F3N5O/c1-18-19(4-2-7-22(18)26(27,28)29)16-24(35)33-10-8-20-17-30-25(31-23(20)9-11-33)34-14-12-32(13-15-34)21-5-3-6-21/h2,4,7,17-19,21H,3,5-6,8-16H2,1H3. The zero-order valence-electron chi connectivity index (χ0n) is 20.3. The Morgan fingerprint density at radius 3 is 2.51 bits per heavy atom. The number of fused-ring (bicyclic) bond motifs is 1. The molecule has 2 fully saturated rings. The molecule has 1 amide bonds. The third-order valence-corrected chi connectivity index (χ3v) is 8.26. The molecule has 0 spiro atoms. The van der Waals surface area contributed by atoms with E-state index in [0.29, 0.717) is 25.9 Å². The van der Waals surface area contributed by atoms with Crippen molar-refractivity contribution in [3.05, 3.63) is 41.3 Å². The maximum Gasteiger partial charge on any atom is 0.412 e. The van der Waals surface area contributed by atoms with Crippen molar-refractivity contribution in [3.63, 3.8) is 0 Å². The fraction of sp³-hybridized carbons (Fsp3) is 0.654. The molecule has 4 aliphatic rings. The summed E-state index contributed by atoms with van der Waals surface area (Å²) in [5, 5.41) is 0. The molecule has 1 aromatic heterocycles. The van der Waals surface area contributed by atoms with E-state index >= 15 is 0 Å². The van der Waals surface area contributed by atoms with Gasteiger partial charge in [-0.3, -0.25) is 9.69 Å². The Balaban J connectivity index is 1.17. The largest absolute Gasteiger partial charge is 0.412 e. The summed E-state index contributed by atoms with van der Waals surface area (Å²) in [5.41, 5.74) is 1.49. The molecule has 2 atom stereocenters. The van der Waals surface area contributed by atoms with E-state index in [2.05, 4.69) is 14.8 Å². The van der Waals surface area contributed by atoms with Crippen LogP contribution in [-0.4, -0.2) is 77.2 Å². The Bertz CT molecular complexity index is 995.